The third-order valence-electron chi connectivity index (χ3n) is 3.32. The number of hydrogen-bond donors (Lipinski definition) is 1. The van der Waals surface area contributed by atoms with Crippen LogP contribution in [0.5, 0.6) is 0 Å². The van der Waals surface area contributed by atoms with Gasteiger partial charge in [0.05, 0.1) is 24.0 Å². The predicted molar refractivity (Wildman–Crippen MR) is 80.3 cm³/mol. The Hall–Kier alpha value is -1.13. The van der Waals surface area contributed by atoms with E-state index in [-0.39, 0.29) is 24.3 Å². The number of nitrogens with zero attached hydrogens (tertiary/aromatic N) is 1. The molecule has 5 nitrogen and oxygen atoms in total. The van der Waals surface area contributed by atoms with Crippen LogP contribution in [0.4, 0.5) is 0 Å². The van der Waals surface area contributed by atoms with Gasteiger partial charge < -0.3 is 4.74 Å². The molecule has 1 aromatic carbocycles. The summed E-state index contributed by atoms with van der Waals surface area (Å²) in [5.74, 6) is -0.0373. The molecule has 0 radical (unpaired) electrons. The molecule has 1 heterocycles. The van der Waals surface area contributed by atoms with Gasteiger partial charge in [0.2, 0.25) is 10.0 Å². The second-order valence-corrected chi connectivity index (χ2v) is 7.25. The number of halogens is 1. The Kier molecular flexibility index (Phi) is 5.59. The Morgan fingerprint density at radius 1 is 1.38 bits per heavy atom. The van der Waals surface area contributed by atoms with Crippen molar-refractivity contribution in [3.8, 4) is 6.07 Å². The molecule has 21 heavy (non-hydrogen) atoms. The van der Waals surface area contributed by atoms with E-state index in [0.717, 1.165) is 5.56 Å². The first-order chi connectivity index (χ1) is 10.0. The van der Waals surface area contributed by atoms with E-state index in [9.17, 15) is 8.42 Å². The van der Waals surface area contributed by atoms with Crippen LogP contribution in [-0.4, -0.2) is 26.8 Å². The summed E-state index contributed by atoms with van der Waals surface area (Å²) in [6, 6.07) is 8.87. The minimum atomic E-state index is -3.39. The number of hydrogen-bond acceptors (Lipinski definition) is 4. The molecule has 0 amide bonds. The zero-order valence-electron chi connectivity index (χ0n) is 11.5. The fourth-order valence-corrected chi connectivity index (χ4v) is 3.79. The average molecular weight is 329 g/mol. The molecule has 1 saturated heterocycles. The van der Waals surface area contributed by atoms with Crippen LogP contribution in [0, 0.1) is 11.3 Å². The molecule has 2 atom stereocenters. The highest BCUT2D eigenvalue weighted by Gasteiger charge is 2.32. The Labute approximate surface area is 129 Å². The number of sulfonamides is 1. The average Bonchev–Trinajstić information content (AvgIpc) is 2.87. The molecule has 0 aromatic heterocycles. The zero-order chi connectivity index (χ0) is 15.3. The lowest BCUT2D eigenvalue weighted by Gasteiger charge is -2.20. The molecule has 0 aliphatic carbocycles. The number of nitrogens with one attached hydrogen (secondary N) is 1. The van der Waals surface area contributed by atoms with Crippen molar-refractivity contribution in [2.24, 2.45) is 0 Å². The third kappa shape index (κ3) is 4.68. The highest BCUT2D eigenvalue weighted by Crippen LogP contribution is 2.30. The topological polar surface area (TPSA) is 79.2 Å². The maximum Gasteiger partial charge on any atom is 0.211 e. The van der Waals surface area contributed by atoms with E-state index < -0.39 is 10.0 Å². The molecule has 0 bridgehead atoms. The van der Waals surface area contributed by atoms with Crippen LogP contribution >= 0.6 is 11.6 Å². The van der Waals surface area contributed by atoms with E-state index in [1.54, 1.807) is 12.1 Å². The molecule has 1 aliphatic rings. The molecule has 0 spiro atoms. The Morgan fingerprint density at radius 3 is 2.76 bits per heavy atom. The SMILES string of the molecule is N#CCCCS(=O)(=O)NC1CCOC1c1ccc(Cl)cc1. The fraction of sp³-hybridized carbons (Fsp3) is 0.500. The molecule has 7 heteroatoms. The maximum atomic E-state index is 12.0. The molecule has 1 N–H and O–H groups in total. The standard InChI is InChI=1S/C14H17ClN2O3S/c15-12-5-3-11(4-6-12)14-13(7-9-20-14)17-21(18,19)10-2-1-8-16/h3-6,13-14,17H,1-2,7,9-10H2. The van der Waals surface area contributed by atoms with Crippen LogP contribution in [0.25, 0.3) is 0 Å². The second kappa shape index (κ2) is 7.23. The van der Waals surface area contributed by atoms with Gasteiger partial charge in [-0.05, 0) is 30.5 Å². The summed E-state index contributed by atoms with van der Waals surface area (Å²) in [5, 5.41) is 9.09. The van der Waals surface area contributed by atoms with Crippen molar-refractivity contribution in [1.29, 1.82) is 5.26 Å². The summed E-state index contributed by atoms with van der Waals surface area (Å²) in [4.78, 5) is 0. The molecule has 2 unspecified atom stereocenters. The van der Waals surface area contributed by atoms with Gasteiger partial charge in [0.25, 0.3) is 0 Å². The summed E-state index contributed by atoms with van der Waals surface area (Å²) in [6.07, 6.45) is 0.909. The lowest BCUT2D eigenvalue weighted by atomic mass is 10.0. The molecule has 1 aliphatic heterocycles. The van der Waals surface area contributed by atoms with Crippen molar-refractivity contribution in [2.45, 2.75) is 31.4 Å². The van der Waals surface area contributed by atoms with Gasteiger partial charge in [0.15, 0.2) is 0 Å². The van der Waals surface area contributed by atoms with Gasteiger partial charge in [-0.1, -0.05) is 23.7 Å². The van der Waals surface area contributed by atoms with Crippen LogP contribution in [0.1, 0.15) is 30.9 Å². The summed E-state index contributed by atoms with van der Waals surface area (Å²) in [5.41, 5.74) is 0.904. The van der Waals surface area contributed by atoms with Crippen LogP contribution in [0.15, 0.2) is 24.3 Å². The summed E-state index contributed by atoms with van der Waals surface area (Å²) >= 11 is 5.85. The molecular weight excluding hydrogens is 312 g/mol. The molecule has 2 rings (SSSR count). The van der Waals surface area contributed by atoms with E-state index >= 15 is 0 Å². The Balaban J connectivity index is 2.02. The minimum absolute atomic E-state index is 0.0373. The summed E-state index contributed by atoms with van der Waals surface area (Å²) in [7, 11) is -3.39. The van der Waals surface area contributed by atoms with Gasteiger partial charge in [0.1, 0.15) is 0 Å². The van der Waals surface area contributed by atoms with Crippen LogP contribution in [0.3, 0.4) is 0 Å². The van der Waals surface area contributed by atoms with Gasteiger partial charge in [-0.2, -0.15) is 5.26 Å². The minimum Gasteiger partial charge on any atom is -0.372 e. The quantitative estimate of drug-likeness (QED) is 0.813. The molecule has 1 fully saturated rings. The van der Waals surface area contributed by atoms with Crippen molar-refractivity contribution in [1.82, 2.24) is 4.72 Å². The number of nitriles is 1. The molecule has 1 aromatic rings. The van der Waals surface area contributed by atoms with E-state index in [2.05, 4.69) is 4.72 Å². The Bertz CT molecular complexity index is 610. The van der Waals surface area contributed by atoms with Crippen molar-refractivity contribution in [2.75, 3.05) is 12.4 Å². The van der Waals surface area contributed by atoms with E-state index in [1.807, 2.05) is 18.2 Å². The van der Waals surface area contributed by atoms with Gasteiger partial charge in [-0.15, -0.1) is 0 Å². The van der Waals surface area contributed by atoms with Crippen LogP contribution in [0.2, 0.25) is 5.02 Å². The first kappa shape index (κ1) is 16.2. The smallest absolute Gasteiger partial charge is 0.211 e. The monoisotopic (exact) mass is 328 g/mol. The lowest BCUT2D eigenvalue weighted by molar-refractivity contribution is 0.102. The molecular formula is C14H17ClN2O3S. The van der Waals surface area contributed by atoms with Gasteiger partial charge in [-0.25, -0.2) is 13.1 Å². The number of ether oxygens (including phenoxy) is 1. The van der Waals surface area contributed by atoms with Crippen molar-refractivity contribution in [3.63, 3.8) is 0 Å². The number of rotatable bonds is 6. The van der Waals surface area contributed by atoms with E-state index in [0.29, 0.717) is 24.5 Å². The maximum absolute atomic E-state index is 12.0. The number of benzene rings is 1. The second-order valence-electron chi connectivity index (χ2n) is 4.94. The summed E-state index contributed by atoms with van der Waals surface area (Å²) < 4.78 is 32.3. The van der Waals surface area contributed by atoms with Gasteiger partial charge in [0, 0.05) is 18.1 Å². The third-order valence-corrected chi connectivity index (χ3v) is 5.06. The van der Waals surface area contributed by atoms with Crippen LogP contribution < -0.4 is 4.72 Å². The van der Waals surface area contributed by atoms with Crippen molar-refractivity contribution in [3.05, 3.63) is 34.9 Å². The normalized spacial score (nSPS) is 22.1. The fourth-order valence-electron chi connectivity index (χ4n) is 2.32. The first-order valence-corrected chi connectivity index (χ1v) is 8.79. The first-order valence-electron chi connectivity index (χ1n) is 6.76. The zero-order valence-corrected chi connectivity index (χ0v) is 13.0. The largest absolute Gasteiger partial charge is 0.372 e. The molecule has 114 valence electrons. The van der Waals surface area contributed by atoms with Gasteiger partial charge in [-0.3, -0.25) is 0 Å². The Morgan fingerprint density at radius 2 is 2.10 bits per heavy atom. The van der Waals surface area contributed by atoms with Crippen molar-refractivity contribution >= 4 is 21.6 Å². The lowest BCUT2D eigenvalue weighted by Crippen LogP contribution is -2.38. The summed E-state index contributed by atoms with van der Waals surface area (Å²) in [6.45, 7) is 0.513. The number of unbranched alkanes of at least 4 members (excludes halogenated alkanes) is 1. The highest BCUT2D eigenvalue weighted by atomic mass is 35.5. The van der Waals surface area contributed by atoms with Crippen LogP contribution in [-0.2, 0) is 14.8 Å². The van der Waals surface area contributed by atoms with E-state index in [1.165, 1.54) is 0 Å². The van der Waals surface area contributed by atoms with E-state index in [4.69, 9.17) is 21.6 Å². The van der Waals surface area contributed by atoms with Gasteiger partial charge >= 0.3 is 0 Å². The predicted octanol–water partition coefficient (Wildman–Crippen LogP) is 2.39. The van der Waals surface area contributed by atoms with Crippen molar-refractivity contribution < 1.29 is 13.2 Å². The molecule has 0 saturated carbocycles. The highest BCUT2D eigenvalue weighted by molar-refractivity contribution is 7.89.